The highest BCUT2D eigenvalue weighted by atomic mass is 16.3. The van der Waals surface area contributed by atoms with Gasteiger partial charge in [0.2, 0.25) is 0 Å². The van der Waals surface area contributed by atoms with Crippen LogP contribution in [0.5, 0.6) is 0 Å². The number of piperidine rings is 1. The first-order valence-electron chi connectivity index (χ1n) is 4.07. The van der Waals surface area contributed by atoms with Crippen molar-refractivity contribution in [3.05, 3.63) is 0 Å². The van der Waals surface area contributed by atoms with E-state index < -0.39 is 30.2 Å². The molecule has 2 heterocycles. The van der Waals surface area contributed by atoms with Gasteiger partial charge in [0.25, 0.3) is 0 Å². The molecule has 2 fully saturated rings. The van der Waals surface area contributed by atoms with Crippen molar-refractivity contribution in [3.8, 4) is 0 Å². The zero-order chi connectivity index (χ0) is 9.59. The number of hydrogen-bond donors (Lipinski definition) is 3. The van der Waals surface area contributed by atoms with Crippen molar-refractivity contribution < 1.29 is 19.8 Å². The van der Waals surface area contributed by atoms with Gasteiger partial charge in [0.1, 0.15) is 6.17 Å². The van der Waals surface area contributed by atoms with Crippen LogP contribution in [-0.2, 0) is 9.59 Å². The van der Waals surface area contributed by atoms with Crippen molar-refractivity contribution in [2.24, 2.45) is 0 Å². The van der Waals surface area contributed by atoms with Gasteiger partial charge in [-0.15, -0.1) is 0 Å². The molecule has 6 heteroatoms. The van der Waals surface area contributed by atoms with E-state index in [0.29, 0.717) is 0 Å². The summed E-state index contributed by atoms with van der Waals surface area (Å²) in [7, 11) is 0. The van der Waals surface area contributed by atoms with Crippen molar-refractivity contribution >= 4 is 11.8 Å². The maximum Gasteiger partial charge on any atom is 0.313 e. The Kier molecular flexibility index (Phi) is 1.74. The summed E-state index contributed by atoms with van der Waals surface area (Å²) in [6.45, 7) is 0.0173. The molecule has 2 aliphatic heterocycles. The van der Waals surface area contributed by atoms with Crippen molar-refractivity contribution in [2.75, 3.05) is 6.54 Å². The molecular weight excluding hydrogens is 176 g/mol. The Hall–Kier alpha value is -1.14. The average molecular weight is 186 g/mol. The minimum atomic E-state index is -0.951. The molecule has 0 aromatic carbocycles. The predicted molar refractivity (Wildman–Crippen MR) is 40.3 cm³/mol. The quantitative estimate of drug-likeness (QED) is 0.362. The Bertz CT molecular complexity index is 267. The number of fused-ring (bicyclic) bond motifs is 1. The molecule has 2 amide bonds. The zero-order valence-corrected chi connectivity index (χ0v) is 6.80. The molecule has 13 heavy (non-hydrogen) atoms. The molecule has 0 unspecified atom stereocenters. The van der Waals surface area contributed by atoms with Crippen molar-refractivity contribution in [3.63, 3.8) is 0 Å². The first kappa shape index (κ1) is 8.46. The molecule has 72 valence electrons. The number of nitrogens with one attached hydrogen (secondary N) is 1. The second kappa shape index (κ2) is 2.68. The van der Waals surface area contributed by atoms with E-state index in [9.17, 15) is 19.8 Å². The molecule has 0 saturated carbocycles. The molecule has 2 rings (SSSR count). The largest absolute Gasteiger partial charge is 0.390 e. The Balaban J connectivity index is 2.17. The van der Waals surface area contributed by atoms with E-state index in [1.54, 1.807) is 0 Å². The SMILES string of the molecule is O=C1N[C@@H]2C[C@@H](O)[C@H](O)CN2C1=O. The number of hydrogen-bond acceptors (Lipinski definition) is 4. The topological polar surface area (TPSA) is 89.9 Å². The summed E-state index contributed by atoms with van der Waals surface area (Å²) in [4.78, 5) is 23.3. The van der Waals surface area contributed by atoms with E-state index in [2.05, 4.69) is 5.32 Å². The first-order chi connectivity index (χ1) is 6.09. The van der Waals surface area contributed by atoms with Gasteiger partial charge in [-0.05, 0) is 0 Å². The Morgan fingerprint density at radius 3 is 2.69 bits per heavy atom. The summed E-state index contributed by atoms with van der Waals surface area (Å²) in [5.41, 5.74) is 0. The maximum absolute atomic E-state index is 11.1. The molecule has 0 aromatic heterocycles. The normalized spacial score (nSPS) is 38.9. The van der Waals surface area contributed by atoms with Crippen molar-refractivity contribution in [1.82, 2.24) is 10.2 Å². The Labute approximate surface area is 74.1 Å². The van der Waals surface area contributed by atoms with Crippen LogP contribution in [-0.4, -0.2) is 51.8 Å². The molecule has 3 N–H and O–H groups in total. The highest BCUT2D eigenvalue weighted by molar-refractivity contribution is 6.36. The molecule has 0 radical (unpaired) electrons. The van der Waals surface area contributed by atoms with E-state index in [0.717, 1.165) is 0 Å². The number of aliphatic hydroxyl groups is 2. The minimum Gasteiger partial charge on any atom is -0.390 e. The average Bonchev–Trinajstić information content (AvgIpc) is 2.32. The fourth-order valence-corrected chi connectivity index (χ4v) is 1.67. The number of carbonyl (C=O) groups excluding carboxylic acids is 2. The highest BCUT2D eigenvalue weighted by Crippen LogP contribution is 2.19. The Morgan fingerprint density at radius 2 is 2.00 bits per heavy atom. The fraction of sp³-hybridized carbons (Fsp3) is 0.714. The van der Waals surface area contributed by atoms with Gasteiger partial charge in [0, 0.05) is 6.42 Å². The van der Waals surface area contributed by atoms with Crippen LogP contribution in [0.15, 0.2) is 0 Å². The molecule has 0 aliphatic carbocycles. The Morgan fingerprint density at radius 1 is 1.31 bits per heavy atom. The lowest BCUT2D eigenvalue weighted by Gasteiger charge is -2.34. The van der Waals surface area contributed by atoms with Gasteiger partial charge >= 0.3 is 11.8 Å². The van der Waals surface area contributed by atoms with Crippen LogP contribution in [0.3, 0.4) is 0 Å². The highest BCUT2D eigenvalue weighted by Gasteiger charge is 2.44. The van der Waals surface area contributed by atoms with E-state index in [1.807, 2.05) is 0 Å². The van der Waals surface area contributed by atoms with Gasteiger partial charge in [0.05, 0.1) is 18.8 Å². The van der Waals surface area contributed by atoms with Crippen molar-refractivity contribution in [1.29, 1.82) is 0 Å². The third-order valence-corrected chi connectivity index (χ3v) is 2.42. The molecular formula is C7H10N2O4. The lowest BCUT2D eigenvalue weighted by molar-refractivity contribution is -0.144. The molecule has 2 saturated heterocycles. The second-order valence-electron chi connectivity index (χ2n) is 3.32. The van der Waals surface area contributed by atoms with E-state index in [1.165, 1.54) is 4.90 Å². The van der Waals surface area contributed by atoms with Gasteiger partial charge in [-0.2, -0.15) is 0 Å². The summed E-state index contributed by atoms with van der Waals surface area (Å²) < 4.78 is 0. The number of carbonyl (C=O) groups is 2. The maximum atomic E-state index is 11.1. The van der Waals surface area contributed by atoms with Crippen LogP contribution in [0.2, 0.25) is 0 Å². The molecule has 3 atom stereocenters. The zero-order valence-electron chi connectivity index (χ0n) is 6.80. The van der Waals surface area contributed by atoms with Gasteiger partial charge < -0.3 is 20.4 Å². The van der Waals surface area contributed by atoms with E-state index in [-0.39, 0.29) is 13.0 Å². The summed E-state index contributed by atoms with van der Waals surface area (Å²) in [6, 6.07) is 0. The fourth-order valence-electron chi connectivity index (χ4n) is 1.67. The number of amides is 2. The molecule has 2 aliphatic rings. The first-order valence-corrected chi connectivity index (χ1v) is 4.07. The summed E-state index contributed by atoms with van der Waals surface area (Å²) in [5.74, 6) is -1.29. The van der Waals surface area contributed by atoms with Crippen LogP contribution in [0, 0.1) is 0 Å². The van der Waals surface area contributed by atoms with Crippen LogP contribution < -0.4 is 5.32 Å². The standard InChI is InChI=1S/C7H10N2O4/c10-3-1-5-8-6(12)7(13)9(5)2-4(3)11/h3-5,10-11H,1-2H2,(H,8,12)/t3-,4-,5+/m1/s1. The van der Waals surface area contributed by atoms with Gasteiger partial charge in [-0.25, -0.2) is 0 Å². The molecule has 6 nitrogen and oxygen atoms in total. The van der Waals surface area contributed by atoms with Crippen LogP contribution in [0.25, 0.3) is 0 Å². The molecule has 0 bridgehead atoms. The van der Waals surface area contributed by atoms with Gasteiger partial charge in [-0.1, -0.05) is 0 Å². The van der Waals surface area contributed by atoms with Crippen molar-refractivity contribution in [2.45, 2.75) is 24.8 Å². The van der Waals surface area contributed by atoms with Crippen LogP contribution in [0.4, 0.5) is 0 Å². The summed E-state index contributed by atoms with van der Waals surface area (Å²) in [6.07, 6.45) is -2.07. The third-order valence-electron chi connectivity index (χ3n) is 2.42. The smallest absolute Gasteiger partial charge is 0.313 e. The van der Waals surface area contributed by atoms with Gasteiger partial charge in [0.15, 0.2) is 0 Å². The van der Waals surface area contributed by atoms with E-state index in [4.69, 9.17) is 0 Å². The molecule has 0 spiro atoms. The van der Waals surface area contributed by atoms with Crippen LogP contribution >= 0.6 is 0 Å². The lowest BCUT2D eigenvalue weighted by Crippen LogP contribution is -2.53. The predicted octanol–water partition coefficient (Wildman–Crippen LogP) is -2.60. The third kappa shape index (κ3) is 1.18. The van der Waals surface area contributed by atoms with Gasteiger partial charge in [-0.3, -0.25) is 9.59 Å². The number of nitrogens with zero attached hydrogens (tertiary/aromatic N) is 1. The number of aliphatic hydroxyl groups excluding tert-OH is 2. The summed E-state index contributed by atoms with van der Waals surface area (Å²) in [5, 5.41) is 20.9. The van der Waals surface area contributed by atoms with E-state index >= 15 is 0 Å². The number of rotatable bonds is 0. The second-order valence-corrected chi connectivity index (χ2v) is 3.32. The van der Waals surface area contributed by atoms with Crippen LogP contribution in [0.1, 0.15) is 6.42 Å². The molecule has 0 aromatic rings. The minimum absolute atomic E-state index is 0.0173. The monoisotopic (exact) mass is 186 g/mol. The summed E-state index contributed by atoms with van der Waals surface area (Å²) >= 11 is 0. The lowest BCUT2D eigenvalue weighted by atomic mass is 10.0.